The van der Waals surface area contributed by atoms with E-state index in [2.05, 4.69) is 26.6 Å². The molecule has 0 saturated carbocycles. The van der Waals surface area contributed by atoms with Crippen LogP contribution in [0, 0.1) is 11.8 Å². The molecule has 220 valence electrons. The molecule has 0 spiro atoms. The maximum atomic E-state index is 13.7. The summed E-state index contributed by atoms with van der Waals surface area (Å²) in [6.07, 6.45) is 0.690. The molecule has 1 aliphatic rings. The molecule has 40 heavy (non-hydrogen) atoms. The van der Waals surface area contributed by atoms with Gasteiger partial charge in [0.1, 0.15) is 12.1 Å². The minimum Gasteiger partial charge on any atom is -0.354 e. The Morgan fingerprint density at radius 3 is 2.33 bits per heavy atom. The van der Waals surface area contributed by atoms with Gasteiger partial charge in [-0.05, 0) is 38.2 Å². The Morgan fingerprint density at radius 2 is 1.73 bits per heavy atom. The summed E-state index contributed by atoms with van der Waals surface area (Å²) >= 11 is 0. The van der Waals surface area contributed by atoms with Crippen LogP contribution in [-0.4, -0.2) is 60.1 Å². The van der Waals surface area contributed by atoms with Crippen molar-refractivity contribution in [1.29, 1.82) is 0 Å². The third-order valence-corrected chi connectivity index (χ3v) is 7.02. The van der Waals surface area contributed by atoms with Gasteiger partial charge in [0.2, 0.25) is 23.6 Å². The van der Waals surface area contributed by atoms with E-state index >= 15 is 0 Å². The van der Waals surface area contributed by atoms with E-state index in [-0.39, 0.29) is 50.5 Å². The van der Waals surface area contributed by atoms with E-state index in [1.807, 2.05) is 0 Å². The van der Waals surface area contributed by atoms with Crippen LogP contribution in [0.4, 0.5) is 4.79 Å². The van der Waals surface area contributed by atoms with Crippen molar-refractivity contribution in [2.24, 2.45) is 17.6 Å². The lowest BCUT2D eigenvalue weighted by molar-refractivity contribution is -0.137. The molecule has 0 aliphatic carbocycles. The first-order chi connectivity index (χ1) is 18.9. The second-order valence-electron chi connectivity index (χ2n) is 10.6. The lowest BCUT2D eigenvalue weighted by atomic mass is 9.84. The molecule has 0 aromatic heterocycles. The van der Waals surface area contributed by atoms with Crippen LogP contribution in [-0.2, 0) is 24.0 Å². The van der Waals surface area contributed by atoms with E-state index in [1.165, 1.54) is 0 Å². The molecule has 0 bridgehead atoms. The second-order valence-corrected chi connectivity index (χ2v) is 10.6. The number of hydrogen-bond donors (Lipinski definition) is 6. The smallest absolute Gasteiger partial charge is 0.312 e. The van der Waals surface area contributed by atoms with Crippen LogP contribution in [0.1, 0.15) is 71.4 Å². The first kappa shape index (κ1) is 32.3. The Balaban J connectivity index is 2.44. The number of nitrogens with one attached hydrogen (secondary N) is 5. The molecule has 1 heterocycles. The van der Waals surface area contributed by atoms with E-state index in [1.54, 1.807) is 58.0 Å². The lowest BCUT2D eigenvalue weighted by Gasteiger charge is -2.33. The Bertz CT molecular complexity index is 1080. The monoisotopic (exact) mass is 558 g/mol. The van der Waals surface area contributed by atoms with E-state index in [0.717, 1.165) is 0 Å². The maximum Gasteiger partial charge on any atom is 0.312 e. The number of carbonyl (C=O) groups excluding carboxylic acids is 6. The zero-order valence-electron chi connectivity index (χ0n) is 23.7. The first-order valence-electron chi connectivity index (χ1n) is 13.7. The van der Waals surface area contributed by atoms with Gasteiger partial charge in [0.15, 0.2) is 5.78 Å². The second kappa shape index (κ2) is 15.0. The Hall–Kier alpha value is -3.96. The first-order valence-corrected chi connectivity index (χ1v) is 13.7. The number of Topliss-reactive ketones (excluding diaryl/α,β-unsaturated/α-hetero) is 1. The molecule has 1 aromatic rings. The molecule has 0 unspecified atom stereocenters. The summed E-state index contributed by atoms with van der Waals surface area (Å²) in [7, 11) is 0. The minimum absolute atomic E-state index is 0.0370. The minimum atomic E-state index is -1.36. The summed E-state index contributed by atoms with van der Waals surface area (Å²) in [6, 6.07) is 6.00. The molecule has 12 heteroatoms. The number of urea groups is 1. The molecular weight excluding hydrogens is 516 g/mol. The van der Waals surface area contributed by atoms with Gasteiger partial charge in [-0.1, -0.05) is 51.1 Å². The van der Waals surface area contributed by atoms with Crippen LogP contribution in [0.15, 0.2) is 30.3 Å². The van der Waals surface area contributed by atoms with Gasteiger partial charge in [0.05, 0.1) is 5.54 Å². The van der Waals surface area contributed by atoms with Gasteiger partial charge < -0.3 is 32.3 Å². The van der Waals surface area contributed by atoms with Crippen LogP contribution in [0.5, 0.6) is 0 Å². The molecule has 1 fully saturated rings. The summed E-state index contributed by atoms with van der Waals surface area (Å²) < 4.78 is 0. The molecular formula is C28H42N6O6. The normalized spacial score (nSPS) is 24.8. The summed E-state index contributed by atoms with van der Waals surface area (Å²) in [5, 5.41) is 13.5. The SMILES string of the molecule is CC[C@@H]1NC(=O)[C@H](CCCNC(N)=O)CC(=O)[C@](C)(NC(=O)C(C)C)CCNC(=O)[C@@H](c2ccccc2)NC1=O. The average Bonchev–Trinajstić information content (AvgIpc) is 2.91. The fraction of sp³-hybridized carbons (Fsp3) is 0.571. The molecule has 2 rings (SSSR count). The van der Waals surface area contributed by atoms with Crippen molar-refractivity contribution in [2.45, 2.75) is 77.4 Å². The molecule has 1 aromatic carbocycles. The number of ketones is 1. The molecule has 1 saturated heterocycles. The standard InChI is InChI=1S/C28H42N6O6/c1-5-20-25(38)33-22(18-10-7-6-8-11-18)26(39)30-15-13-28(4,34-23(36)17(2)3)21(35)16-19(24(37)32-20)12-9-14-31-27(29)40/h6-8,10-11,17,19-20,22H,5,9,12-16H2,1-4H3,(H,30,39)(H,32,37)(H,33,38)(H,34,36)(H3,29,31,40)/t19-,20+,22-,28-/m1/s1. The van der Waals surface area contributed by atoms with Gasteiger partial charge in [-0.15, -0.1) is 0 Å². The summed E-state index contributed by atoms with van der Waals surface area (Å²) in [5.41, 5.74) is 4.31. The Kier molecular flexibility index (Phi) is 12.1. The van der Waals surface area contributed by atoms with Crippen LogP contribution in [0.3, 0.4) is 0 Å². The van der Waals surface area contributed by atoms with Gasteiger partial charge in [-0.3, -0.25) is 24.0 Å². The number of benzene rings is 1. The highest BCUT2D eigenvalue weighted by Crippen LogP contribution is 2.22. The van der Waals surface area contributed by atoms with E-state index < -0.39 is 53.2 Å². The van der Waals surface area contributed by atoms with Gasteiger partial charge in [-0.2, -0.15) is 0 Å². The highest BCUT2D eigenvalue weighted by Gasteiger charge is 2.38. The molecule has 4 atom stereocenters. The molecule has 0 radical (unpaired) electrons. The summed E-state index contributed by atoms with van der Waals surface area (Å²) in [4.78, 5) is 77.2. The third-order valence-electron chi connectivity index (χ3n) is 7.02. The van der Waals surface area contributed by atoms with Gasteiger partial charge in [0, 0.05) is 31.3 Å². The van der Waals surface area contributed by atoms with Crippen molar-refractivity contribution in [3.63, 3.8) is 0 Å². The van der Waals surface area contributed by atoms with Gasteiger partial charge in [0.25, 0.3) is 0 Å². The topological polar surface area (TPSA) is 189 Å². The molecule has 7 N–H and O–H groups in total. The predicted molar refractivity (Wildman–Crippen MR) is 148 cm³/mol. The largest absolute Gasteiger partial charge is 0.354 e. The zero-order valence-corrected chi connectivity index (χ0v) is 23.7. The summed E-state index contributed by atoms with van der Waals surface area (Å²) in [6.45, 7) is 6.96. The van der Waals surface area contributed by atoms with Crippen molar-refractivity contribution in [1.82, 2.24) is 26.6 Å². The van der Waals surface area contributed by atoms with Gasteiger partial charge in [-0.25, -0.2) is 4.79 Å². The number of hydrogen-bond acceptors (Lipinski definition) is 6. The van der Waals surface area contributed by atoms with E-state index in [9.17, 15) is 28.8 Å². The third kappa shape index (κ3) is 9.35. The zero-order chi connectivity index (χ0) is 29.9. The van der Waals surface area contributed by atoms with Crippen molar-refractivity contribution in [2.75, 3.05) is 13.1 Å². The van der Waals surface area contributed by atoms with Crippen LogP contribution in [0.2, 0.25) is 0 Å². The molecule has 1 aliphatic heterocycles. The van der Waals surface area contributed by atoms with Crippen molar-refractivity contribution >= 4 is 35.4 Å². The fourth-order valence-corrected chi connectivity index (χ4v) is 4.39. The Morgan fingerprint density at radius 1 is 1.05 bits per heavy atom. The van der Waals surface area contributed by atoms with Crippen molar-refractivity contribution in [3.8, 4) is 0 Å². The van der Waals surface area contributed by atoms with Crippen LogP contribution >= 0.6 is 0 Å². The van der Waals surface area contributed by atoms with Crippen molar-refractivity contribution in [3.05, 3.63) is 35.9 Å². The van der Waals surface area contributed by atoms with E-state index in [4.69, 9.17) is 5.73 Å². The number of carbonyl (C=O) groups is 6. The summed E-state index contributed by atoms with van der Waals surface area (Å²) in [5.74, 6) is -3.47. The maximum absolute atomic E-state index is 13.7. The number of amides is 6. The molecule has 12 nitrogen and oxygen atoms in total. The van der Waals surface area contributed by atoms with E-state index in [0.29, 0.717) is 12.0 Å². The Labute approximate surface area is 235 Å². The highest BCUT2D eigenvalue weighted by atomic mass is 16.2. The fourth-order valence-electron chi connectivity index (χ4n) is 4.39. The van der Waals surface area contributed by atoms with Crippen LogP contribution < -0.4 is 32.3 Å². The quantitative estimate of drug-likeness (QED) is 0.256. The number of nitrogens with two attached hydrogens (primary N) is 1. The number of rotatable bonds is 8. The lowest BCUT2D eigenvalue weighted by Crippen LogP contribution is -2.57. The predicted octanol–water partition coefficient (Wildman–Crippen LogP) is 0.813. The highest BCUT2D eigenvalue weighted by molar-refractivity contribution is 5.97. The van der Waals surface area contributed by atoms with Gasteiger partial charge >= 0.3 is 6.03 Å². The van der Waals surface area contributed by atoms with Crippen LogP contribution in [0.25, 0.3) is 0 Å². The average molecular weight is 559 g/mol. The number of primary amides is 1. The molecule has 6 amide bonds. The van der Waals surface area contributed by atoms with Crippen molar-refractivity contribution < 1.29 is 28.8 Å².